The van der Waals surface area contributed by atoms with Crippen molar-refractivity contribution in [2.45, 2.75) is 44.6 Å². The van der Waals surface area contributed by atoms with E-state index in [2.05, 4.69) is 11.4 Å². The Morgan fingerprint density at radius 3 is 2.72 bits per heavy atom. The van der Waals surface area contributed by atoms with E-state index in [4.69, 9.17) is 9.47 Å². The second kappa shape index (κ2) is 12.7. The van der Waals surface area contributed by atoms with Gasteiger partial charge >= 0.3 is 5.97 Å². The van der Waals surface area contributed by atoms with Crippen molar-refractivity contribution < 1.29 is 23.8 Å². The van der Waals surface area contributed by atoms with Crippen molar-refractivity contribution in [2.24, 2.45) is 0 Å². The number of benzene rings is 3. The molecule has 2 N–H and O–H groups in total. The molecule has 0 amide bonds. The molecule has 7 heteroatoms. The van der Waals surface area contributed by atoms with Crippen LogP contribution in [-0.4, -0.2) is 37.4 Å². The van der Waals surface area contributed by atoms with E-state index in [1.807, 2.05) is 43.3 Å². The molecule has 36 heavy (non-hydrogen) atoms. The summed E-state index contributed by atoms with van der Waals surface area (Å²) in [6.45, 7) is 3.48. The fraction of sp³-hybridized carbons (Fsp3) is 0.345. The molecule has 1 heterocycles. The van der Waals surface area contributed by atoms with Crippen molar-refractivity contribution in [1.82, 2.24) is 5.32 Å². The molecule has 0 spiro atoms. The third kappa shape index (κ3) is 6.56. The molecule has 1 aliphatic rings. The number of aryl methyl sites for hydroxylation is 1. The zero-order valence-electron chi connectivity index (χ0n) is 20.6. The van der Waals surface area contributed by atoms with Crippen LogP contribution in [0.25, 0.3) is 0 Å². The lowest BCUT2D eigenvalue weighted by Gasteiger charge is -2.33. The number of hydrogen-bond acceptors (Lipinski definition) is 4. The van der Waals surface area contributed by atoms with Crippen molar-refractivity contribution in [3.8, 4) is 11.5 Å². The average Bonchev–Trinajstić information content (AvgIpc) is 2.86. The van der Waals surface area contributed by atoms with Gasteiger partial charge in [0.2, 0.25) is 0 Å². The Bertz CT molecular complexity index is 1190. The van der Waals surface area contributed by atoms with Crippen LogP contribution in [-0.2, 0) is 6.42 Å². The molecule has 3 aromatic carbocycles. The van der Waals surface area contributed by atoms with Crippen LogP contribution in [0.1, 0.15) is 57.8 Å². The summed E-state index contributed by atoms with van der Waals surface area (Å²) in [6.07, 6.45) is 3.54. The van der Waals surface area contributed by atoms with Gasteiger partial charge in [0, 0.05) is 11.5 Å². The van der Waals surface area contributed by atoms with Crippen molar-refractivity contribution in [2.75, 3.05) is 20.2 Å². The maximum absolute atomic E-state index is 13.6. The Hall–Kier alpha value is -3.09. The second-order valence-electron chi connectivity index (χ2n) is 9.06. The van der Waals surface area contributed by atoms with Gasteiger partial charge in [-0.1, -0.05) is 36.4 Å². The van der Waals surface area contributed by atoms with E-state index < -0.39 is 5.97 Å². The number of halogens is 2. The lowest BCUT2D eigenvalue weighted by Crippen LogP contribution is -2.28. The minimum atomic E-state index is -0.897. The Morgan fingerprint density at radius 1 is 1.14 bits per heavy atom. The first-order chi connectivity index (χ1) is 17.0. The molecule has 5 nitrogen and oxygen atoms in total. The monoisotopic (exact) mass is 513 g/mol. The number of aromatic carboxylic acids is 1. The number of carbonyl (C=O) groups is 1. The molecule has 0 aliphatic carbocycles. The Morgan fingerprint density at radius 2 is 1.94 bits per heavy atom. The molecule has 0 saturated heterocycles. The number of hydrogen-bond donors (Lipinski definition) is 2. The molecular formula is C29H33ClFNO4. The number of carboxylic acids is 1. The van der Waals surface area contributed by atoms with E-state index in [1.54, 1.807) is 12.1 Å². The summed E-state index contributed by atoms with van der Waals surface area (Å²) in [7, 11) is 1.47. The Balaban J connectivity index is 0.00000361. The lowest BCUT2D eigenvalue weighted by molar-refractivity contribution is 0.0696. The summed E-state index contributed by atoms with van der Waals surface area (Å²) in [6, 6.07) is 18.8. The molecule has 0 radical (unpaired) electrons. The maximum atomic E-state index is 13.6. The molecule has 2 atom stereocenters. The molecule has 0 fully saturated rings. The highest BCUT2D eigenvalue weighted by Gasteiger charge is 2.29. The third-order valence-electron chi connectivity index (χ3n) is 6.67. The fourth-order valence-electron chi connectivity index (χ4n) is 4.74. The first-order valence-corrected chi connectivity index (χ1v) is 12.1. The molecule has 0 aromatic heterocycles. The molecular weight excluding hydrogens is 481 g/mol. The predicted octanol–water partition coefficient (Wildman–Crippen LogP) is 6.16. The summed E-state index contributed by atoms with van der Waals surface area (Å²) < 4.78 is 24.9. The SMILES string of the molecule is COc1cc(CCNCCC[C@H]2C[C@@H](c3ccc(C)c(C(=O)O)c3)c3ccccc3O2)ccc1F.Cl. The normalized spacial score (nSPS) is 16.4. The van der Waals surface area contributed by atoms with Crippen molar-refractivity contribution in [3.63, 3.8) is 0 Å². The molecule has 0 bridgehead atoms. The van der Waals surface area contributed by atoms with Crippen LogP contribution in [0.15, 0.2) is 60.7 Å². The lowest BCUT2D eigenvalue weighted by atomic mass is 9.82. The summed E-state index contributed by atoms with van der Waals surface area (Å²) in [5, 5.41) is 13.0. The largest absolute Gasteiger partial charge is 0.494 e. The molecule has 4 rings (SSSR count). The fourth-order valence-corrected chi connectivity index (χ4v) is 4.74. The number of ether oxygens (including phenoxy) is 2. The third-order valence-corrected chi connectivity index (χ3v) is 6.67. The Kier molecular flexibility index (Phi) is 9.73. The average molecular weight is 514 g/mol. The minimum Gasteiger partial charge on any atom is -0.494 e. The van der Waals surface area contributed by atoms with E-state index >= 15 is 0 Å². The van der Waals surface area contributed by atoms with Gasteiger partial charge in [-0.25, -0.2) is 9.18 Å². The van der Waals surface area contributed by atoms with E-state index in [0.29, 0.717) is 5.56 Å². The summed E-state index contributed by atoms with van der Waals surface area (Å²) in [5.74, 6) is 0.0121. The van der Waals surface area contributed by atoms with Gasteiger partial charge in [-0.05, 0) is 86.7 Å². The zero-order valence-corrected chi connectivity index (χ0v) is 21.4. The van der Waals surface area contributed by atoms with Gasteiger partial charge in [-0.2, -0.15) is 0 Å². The topological polar surface area (TPSA) is 67.8 Å². The van der Waals surface area contributed by atoms with E-state index in [1.165, 1.54) is 13.2 Å². The quantitative estimate of drug-likeness (QED) is 0.318. The molecule has 192 valence electrons. The molecule has 1 aliphatic heterocycles. The number of para-hydroxylation sites is 1. The van der Waals surface area contributed by atoms with Crippen LogP contribution in [0.3, 0.4) is 0 Å². The smallest absolute Gasteiger partial charge is 0.335 e. The van der Waals surface area contributed by atoms with E-state index in [9.17, 15) is 14.3 Å². The highest BCUT2D eigenvalue weighted by Crippen LogP contribution is 2.41. The molecule has 3 aromatic rings. The number of methoxy groups -OCH3 is 1. The maximum Gasteiger partial charge on any atom is 0.335 e. The van der Waals surface area contributed by atoms with Gasteiger partial charge in [-0.3, -0.25) is 0 Å². The standard InChI is InChI=1S/C29H32FNO4.ClH/c1-19-9-11-21(17-24(19)29(32)33)25-18-22(35-27-8-4-3-7-23(25)27)6-5-14-31-15-13-20-10-12-26(30)28(16-20)34-2;/h3-4,7-12,16-17,22,25,31H,5-6,13-15,18H2,1-2H3,(H,32,33);1H/t22-,25-;/m0./s1. The van der Waals surface area contributed by atoms with Crippen LogP contribution in [0.5, 0.6) is 11.5 Å². The van der Waals surface area contributed by atoms with Gasteiger partial charge < -0.3 is 19.9 Å². The van der Waals surface area contributed by atoms with Gasteiger partial charge in [0.1, 0.15) is 5.75 Å². The van der Waals surface area contributed by atoms with Crippen LogP contribution >= 0.6 is 12.4 Å². The highest BCUT2D eigenvalue weighted by atomic mass is 35.5. The van der Waals surface area contributed by atoms with Crippen molar-refractivity contribution >= 4 is 18.4 Å². The second-order valence-corrected chi connectivity index (χ2v) is 9.06. The first-order valence-electron chi connectivity index (χ1n) is 12.1. The highest BCUT2D eigenvalue weighted by molar-refractivity contribution is 5.89. The number of rotatable bonds is 10. The summed E-state index contributed by atoms with van der Waals surface area (Å²) in [4.78, 5) is 11.7. The van der Waals surface area contributed by atoms with Crippen LogP contribution in [0.4, 0.5) is 4.39 Å². The van der Waals surface area contributed by atoms with Crippen LogP contribution in [0, 0.1) is 12.7 Å². The number of nitrogens with one attached hydrogen (secondary N) is 1. The zero-order chi connectivity index (χ0) is 24.8. The predicted molar refractivity (Wildman–Crippen MR) is 141 cm³/mol. The minimum absolute atomic E-state index is 0. The van der Waals surface area contributed by atoms with Gasteiger partial charge in [0.25, 0.3) is 0 Å². The van der Waals surface area contributed by atoms with Gasteiger partial charge in [0.05, 0.1) is 18.8 Å². The van der Waals surface area contributed by atoms with Gasteiger partial charge in [0.15, 0.2) is 11.6 Å². The van der Waals surface area contributed by atoms with Crippen LogP contribution < -0.4 is 14.8 Å². The Labute approximate surface area is 218 Å². The van der Waals surface area contributed by atoms with Crippen LogP contribution in [0.2, 0.25) is 0 Å². The van der Waals surface area contributed by atoms with Crippen molar-refractivity contribution in [1.29, 1.82) is 0 Å². The summed E-state index contributed by atoms with van der Waals surface area (Å²) >= 11 is 0. The van der Waals surface area contributed by atoms with E-state index in [0.717, 1.165) is 66.8 Å². The van der Waals surface area contributed by atoms with E-state index in [-0.39, 0.29) is 36.0 Å². The van der Waals surface area contributed by atoms with Crippen molar-refractivity contribution in [3.05, 3.63) is 94.3 Å². The molecule has 0 unspecified atom stereocenters. The van der Waals surface area contributed by atoms with Gasteiger partial charge in [-0.15, -0.1) is 12.4 Å². The number of fused-ring (bicyclic) bond motifs is 1. The summed E-state index contributed by atoms with van der Waals surface area (Å²) in [5.41, 5.74) is 4.28. The molecule has 0 saturated carbocycles. The number of carboxylic acid groups (broad SMARTS) is 1. The first kappa shape index (κ1) is 27.5.